The molecule has 1 aromatic heterocycles. The predicted molar refractivity (Wildman–Crippen MR) is 104 cm³/mol. The van der Waals surface area contributed by atoms with Crippen molar-refractivity contribution in [1.29, 1.82) is 0 Å². The number of nitrogens with one attached hydrogen (secondary N) is 2. The van der Waals surface area contributed by atoms with Crippen LogP contribution < -0.4 is 15.0 Å². The van der Waals surface area contributed by atoms with E-state index in [9.17, 15) is 9.59 Å². The van der Waals surface area contributed by atoms with Crippen LogP contribution in [0.3, 0.4) is 0 Å². The second kappa shape index (κ2) is 7.15. The fourth-order valence-corrected chi connectivity index (χ4v) is 3.45. The maximum atomic E-state index is 12.5. The number of carbonyl (C=O) groups excluding carboxylic acids is 2. The summed E-state index contributed by atoms with van der Waals surface area (Å²) in [5.41, 5.74) is 2.77. The monoisotopic (exact) mass is 363 g/mol. The topological polar surface area (TPSA) is 74.4 Å². The Hall–Kier alpha value is -3.28. The van der Waals surface area contributed by atoms with Crippen molar-refractivity contribution >= 4 is 28.4 Å². The number of aromatic amines is 1. The third kappa shape index (κ3) is 3.51. The van der Waals surface area contributed by atoms with Crippen LogP contribution in [0.25, 0.3) is 10.9 Å². The molecular formula is C21H21N3O3. The van der Waals surface area contributed by atoms with Crippen LogP contribution in [0.2, 0.25) is 0 Å². The Morgan fingerprint density at radius 1 is 1.22 bits per heavy atom. The standard InChI is InChI=1S/C21H21N3O3/c1-27-18-8-6-17(7-9-18)24-13-15(11-20(24)25)21(26)22-12-16-10-14-4-2-3-5-19(14)23-16/h2-10,15,23H,11-13H2,1H3,(H,22,26). The molecule has 27 heavy (non-hydrogen) atoms. The van der Waals surface area contributed by atoms with Crippen molar-refractivity contribution in [3.8, 4) is 5.75 Å². The van der Waals surface area contributed by atoms with E-state index in [4.69, 9.17) is 4.74 Å². The average Bonchev–Trinajstić information content (AvgIpc) is 3.29. The van der Waals surface area contributed by atoms with E-state index >= 15 is 0 Å². The van der Waals surface area contributed by atoms with Gasteiger partial charge in [0.2, 0.25) is 11.8 Å². The van der Waals surface area contributed by atoms with Crippen molar-refractivity contribution in [1.82, 2.24) is 10.3 Å². The van der Waals surface area contributed by atoms with Crippen LogP contribution in [0.15, 0.2) is 54.6 Å². The van der Waals surface area contributed by atoms with E-state index in [2.05, 4.69) is 10.3 Å². The molecule has 1 saturated heterocycles. The zero-order chi connectivity index (χ0) is 18.8. The Bertz CT molecular complexity index is 945. The fourth-order valence-electron chi connectivity index (χ4n) is 3.45. The van der Waals surface area contributed by atoms with E-state index in [1.54, 1.807) is 12.0 Å². The van der Waals surface area contributed by atoms with Gasteiger partial charge in [-0.1, -0.05) is 18.2 Å². The van der Waals surface area contributed by atoms with Gasteiger partial charge in [0.1, 0.15) is 5.75 Å². The SMILES string of the molecule is COc1ccc(N2CC(C(=O)NCc3cc4ccccc4[nH]3)CC2=O)cc1. The molecule has 2 amide bonds. The number of H-pyrrole nitrogens is 1. The summed E-state index contributed by atoms with van der Waals surface area (Å²) in [5, 5.41) is 4.06. The Kier molecular flexibility index (Phi) is 4.54. The normalized spacial score (nSPS) is 16.7. The molecule has 0 radical (unpaired) electrons. The van der Waals surface area contributed by atoms with Gasteiger partial charge in [-0.3, -0.25) is 9.59 Å². The van der Waals surface area contributed by atoms with Gasteiger partial charge in [-0.15, -0.1) is 0 Å². The minimum atomic E-state index is -0.344. The molecule has 0 bridgehead atoms. The molecular weight excluding hydrogens is 342 g/mol. The molecule has 1 unspecified atom stereocenters. The van der Waals surface area contributed by atoms with Gasteiger partial charge < -0.3 is 19.9 Å². The number of nitrogens with zero attached hydrogens (tertiary/aromatic N) is 1. The van der Waals surface area contributed by atoms with Gasteiger partial charge in [0.15, 0.2) is 0 Å². The molecule has 6 nitrogen and oxygen atoms in total. The summed E-state index contributed by atoms with van der Waals surface area (Å²) in [6, 6.07) is 17.3. The average molecular weight is 363 g/mol. The Morgan fingerprint density at radius 2 is 2.00 bits per heavy atom. The molecule has 1 aliphatic heterocycles. The number of carbonyl (C=O) groups is 2. The van der Waals surface area contributed by atoms with Gasteiger partial charge in [0.05, 0.1) is 19.6 Å². The Labute approximate surface area is 157 Å². The van der Waals surface area contributed by atoms with Crippen LogP contribution in [0.4, 0.5) is 5.69 Å². The highest BCUT2D eigenvalue weighted by molar-refractivity contribution is 6.00. The quantitative estimate of drug-likeness (QED) is 0.732. The second-order valence-electron chi connectivity index (χ2n) is 6.70. The molecule has 1 fully saturated rings. The number of amides is 2. The van der Waals surface area contributed by atoms with E-state index < -0.39 is 0 Å². The number of ether oxygens (including phenoxy) is 1. The number of rotatable bonds is 5. The van der Waals surface area contributed by atoms with Gasteiger partial charge in [-0.25, -0.2) is 0 Å². The first-order valence-electron chi connectivity index (χ1n) is 8.93. The minimum Gasteiger partial charge on any atom is -0.497 e. The van der Waals surface area contributed by atoms with Crippen LogP contribution in [0.1, 0.15) is 12.1 Å². The number of fused-ring (bicyclic) bond motifs is 1. The molecule has 0 spiro atoms. The summed E-state index contributed by atoms with van der Waals surface area (Å²) < 4.78 is 5.14. The lowest BCUT2D eigenvalue weighted by molar-refractivity contribution is -0.126. The molecule has 138 valence electrons. The predicted octanol–water partition coefficient (Wildman–Crippen LogP) is 2.85. The molecule has 2 aromatic carbocycles. The highest BCUT2D eigenvalue weighted by Gasteiger charge is 2.35. The van der Waals surface area contributed by atoms with Gasteiger partial charge in [0, 0.05) is 29.9 Å². The second-order valence-corrected chi connectivity index (χ2v) is 6.70. The molecule has 0 aliphatic carbocycles. The number of hydrogen-bond acceptors (Lipinski definition) is 3. The van der Waals surface area contributed by atoms with Crippen molar-refractivity contribution in [3.05, 3.63) is 60.3 Å². The van der Waals surface area contributed by atoms with E-state index in [0.29, 0.717) is 13.1 Å². The zero-order valence-corrected chi connectivity index (χ0v) is 15.1. The maximum absolute atomic E-state index is 12.5. The number of hydrogen-bond donors (Lipinski definition) is 2. The highest BCUT2D eigenvalue weighted by atomic mass is 16.5. The van der Waals surface area contributed by atoms with Crippen molar-refractivity contribution in [2.45, 2.75) is 13.0 Å². The van der Waals surface area contributed by atoms with Crippen LogP contribution in [0.5, 0.6) is 5.75 Å². The minimum absolute atomic E-state index is 0.0362. The summed E-state index contributed by atoms with van der Waals surface area (Å²) in [4.78, 5) is 29.8. The number of methoxy groups -OCH3 is 1. The van der Waals surface area contributed by atoms with E-state index in [0.717, 1.165) is 28.0 Å². The molecule has 2 heterocycles. The highest BCUT2D eigenvalue weighted by Crippen LogP contribution is 2.27. The Balaban J connectivity index is 1.38. The summed E-state index contributed by atoms with van der Waals surface area (Å²) in [6.45, 7) is 0.810. The largest absolute Gasteiger partial charge is 0.497 e. The third-order valence-corrected chi connectivity index (χ3v) is 4.92. The van der Waals surface area contributed by atoms with Crippen molar-refractivity contribution in [2.75, 3.05) is 18.6 Å². The zero-order valence-electron chi connectivity index (χ0n) is 15.1. The summed E-state index contributed by atoms with van der Waals surface area (Å²) in [7, 11) is 1.60. The lowest BCUT2D eigenvalue weighted by atomic mass is 10.1. The van der Waals surface area contributed by atoms with E-state index in [-0.39, 0.29) is 24.2 Å². The third-order valence-electron chi connectivity index (χ3n) is 4.92. The molecule has 4 rings (SSSR count). The van der Waals surface area contributed by atoms with Crippen molar-refractivity contribution in [2.24, 2.45) is 5.92 Å². The lowest BCUT2D eigenvalue weighted by Gasteiger charge is -2.17. The van der Waals surface area contributed by atoms with Crippen LogP contribution in [-0.2, 0) is 16.1 Å². The van der Waals surface area contributed by atoms with E-state index in [1.165, 1.54) is 0 Å². The molecule has 3 aromatic rings. The first-order valence-corrected chi connectivity index (χ1v) is 8.93. The smallest absolute Gasteiger partial charge is 0.227 e. The van der Waals surface area contributed by atoms with E-state index in [1.807, 2.05) is 54.6 Å². The van der Waals surface area contributed by atoms with Gasteiger partial charge in [0.25, 0.3) is 0 Å². The van der Waals surface area contributed by atoms with Crippen molar-refractivity contribution < 1.29 is 14.3 Å². The molecule has 0 saturated carbocycles. The van der Waals surface area contributed by atoms with Gasteiger partial charge >= 0.3 is 0 Å². The number of anilines is 1. The molecule has 1 atom stereocenters. The summed E-state index contributed by atoms with van der Waals surface area (Å²) >= 11 is 0. The first kappa shape index (κ1) is 17.1. The summed E-state index contributed by atoms with van der Waals surface area (Å²) in [5.74, 6) is 0.256. The maximum Gasteiger partial charge on any atom is 0.227 e. The van der Waals surface area contributed by atoms with Crippen LogP contribution >= 0.6 is 0 Å². The number of benzene rings is 2. The number of para-hydroxylation sites is 1. The molecule has 2 N–H and O–H groups in total. The van der Waals surface area contributed by atoms with Crippen LogP contribution in [-0.4, -0.2) is 30.5 Å². The fraction of sp³-hybridized carbons (Fsp3) is 0.238. The first-order chi connectivity index (χ1) is 13.1. The Morgan fingerprint density at radius 3 is 2.74 bits per heavy atom. The van der Waals surface area contributed by atoms with Crippen molar-refractivity contribution in [3.63, 3.8) is 0 Å². The van der Waals surface area contributed by atoms with Gasteiger partial charge in [-0.2, -0.15) is 0 Å². The summed E-state index contributed by atoms with van der Waals surface area (Å²) in [6.07, 6.45) is 0.227. The number of aromatic nitrogens is 1. The molecule has 6 heteroatoms. The van der Waals surface area contributed by atoms with Crippen LogP contribution in [0, 0.1) is 5.92 Å². The molecule has 1 aliphatic rings. The van der Waals surface area contributed by atoms with Gasteiger partial charge in [-0.05, 0) is 41.8 Å². The lowest BCUT2D eigenvalue weighted by Crippen LogP contribution is -2.32.